The lowest BCUT2D eigenvalue weighted by atomic mass is 10.0. The van der Waals surface area contributed by atoms with Gasteiger partial charge >= 0.3 is 5.97 Å². The van der Waals surface area contributed by atoms with Crippen LogP contribution in [0.2, 0.25) is 0 Å². The van der Waals surface area contributed by atoms with Crippen LogP contribution in [-0.2, 0) is 0 Å². The van der Waals surface area contributed by atoms with Crippen LogP contribution in [0, 0.1) is 6.92 Å². The van der Waals surface area contributed by atoms with Gasteiger partial charge in [-0.25, -0.2) is 9.78 Å². The fraction of sp³-hybridized carbons (Fsp3) is 0.125. The van der Waals surface area contributed by atoms with Crippen LogP contribution in [0.15, 0.2) is 36.4 Å². The van der Waals surface area contributed by atoms with Crippen LogP contribution >= 0.6 is 0 Å². The predicted molar refractivity (Wildman–Crippen MR) is 77.5 cm³/mol. The summed E-state index contributed by atoms with van der Waals surface area (Å²) in [6, 6.07) is 11.2. The van der Waals surface area contributed by atoms with Gasteiger partial charge in [0.05, 0.1) is 18.2 Å². The fourth-order valence-corrected chi connectivity index (χ4v) is 2.48. The largest absolute Gasteiger partial charge is 0.494 e. The van der Waals surface area contributed by atoms with Crippen molar-refractivity contribution in [3.05, 3.63) is 47.5 Å². The number of fused-ring (bicyclic) bond motifs is 2. The van der Waals surface area contributed by atoms with E-state index >= 15 is 0 Å². The number of pyridine rings is 1. The second kappa shape index (κ2) is 4.49. The molecule has 4 nitrogen and oxygen atoms in total. The van der Waals surface area contributed by atoms with Gasteiger partial charge in [-0.2, -0.15) is 0 Å². The number of aryl methyl sites for hydroxylation is 1. The lowest BCUT2D eigenvalue weighted by molar-refractivity contribution is 0.0698. The number of hydrogen-bond acceptors (Lipinski definition) is 3. The maximum absolute atomic E-state index is 11.5. The number of carbonyl (C=O) groups is 1. The van der Waals surface area contributed by atoms with E-state index in [-0.39, 0.29) is 5.56 Å². The van der Waals surface area contributed by atoms with E-state index in [4.69, 9.17) is 4.74 Å². The first-order valence-corrected chi connectivity index (χ1v) is 6.22. The molecule has 0 aliphatic rings. The van der Waals surface area contributed by atoms with Crippen LogP contribution in [0.5, 0.6) is 5.75 Å². The second-order valence-corrected chi connectivity index (χ2v) is 4.65. The first-order chi connectivity index (χ1) is 9.61. The molecule has 0 amide bonds. The maximum Gasteiger partial charge on any atom is 0.336 e. The normalized spacial score (nSPS) is 10.9. The fourth-order valence-electron chi connectivity index (χ4n) is 2.48. The lowest BCUT2D eigenvalue weighted by Gasteiger charge is -2.11. The van der Waals surface area contributed by atoms with Gasteiger partial charge in [0.1, 0.15) is 11.3 Å². The van der Waals surface area contributed by atoms with Gasteiger partial charge in [0, 0.05) is 10.8 Å². The topological polar surface area (TPSA) is 59.4 Å². The van der Waals surface area contributed by atoms with Crippen LogP contribution in [0.1, 0.15) is 15.9 Å². The quantitative estimate of drug-likeness (QED) is 0.723. The molecule has 2 aromatic carbocycles. The molecular formula is C16H13NO3. The Morgan fingerprint density at radius 3 is 2.70 bits per heavy atom. The Morgan fingerprint density at radius 1 is 1.25 bits per heavy atom. The summed E-state index contributed by atoms with van der Waals surface area (Å²) in [6.07, 6.45) is 0. The standard InChI is InChI=1S/C16H13NO3/c1-9-7-13(20-2)15-11(14(9)16(18)19)8-10-5-3-4-6-12(10)17-15/h3-8H,1-2H3,(H,18,19). The molecule has 0 unspecified atom stereocenters. The zero-order valence-electron chi connectivity index (χ0n) is 11.2. The summed E-state index contributed by atoms with van der Waals surface area (Å²) in [5.41, 5.74) is 2.34. The summed E-state index contributed by atoms with van der Waals surface area (Å²) in [5.74, 6) is -0.361. The van der Waals surface area contributed by atoms with Crippen molar-refractivity contribution < 1.29 is 14.6 Å². The van der Waals surface area contributed by atoms with Crippen molar-refractivity contribution in [3.63, 3.8) is 0 Å². The average Bonchev–Trinajstić information content (AvgIpc) is 2.44. The summed E-state index contributed by atoms with van der Waals surface area (Å²) in [6.45, 7) is 1.76. The van der Waals surface area contributed by atoms with Gasteiger partial charge in [-0.3, -0.25) is 0 Å². The number of hydrogen-bond donors (Lipinski definition) is 1. The molecule has 100 valence electrons. The van der Waals surface area contributed by atoms with Gasteiger partial charge in [-0.05, 0) is 30.7 Å². The molecule has 3 rings (SSSR count). The average molecular weight is 267 g/mol. The summed E-state index contributed by atoms with van der Waals surface area (Å²) < 4.78 is 5.34. The lowest BCUT2D eigenvalue weighted by Crippen LogP contribution is -2.03. The molecule has 1 aromatic heterocycles. The van der Waals surface area contributed by atoms with Crippen LogP contribution in [0.3, 0.4) is 0 Å². The third kappa shape index (κ3) is 1.77. The Balaban J connectivity index is 2.54. The summed E-state index contributed by atoms with van der Waals surface area (Å²) in [4.78, 5) is 16.0. The molecule has 3 aromatic rings. The Bertz CT molecular complexity index is 840. The van der Waals surface area contributed by atoms with Crippen molar-refractivity contribution in [2.24, 2.45) is 0 Å². The molecule has 0 spiro atoms. The minimum absolute atomic E-state index is 0.277. The number of carboxylic acids is 1. The summed E-state index contributed by atoms with van der Waals surface area (Å²) >= 11 is 0. The van der Waals surface area contributed by atoms with Crippen LogP contribution < -0.4 is 4.74 Å². The number of aromatic carboxylic acids is 1. The Labute approximate surface area is 115 Å². The zero-order chi connectivity index (χ0) is 14.3. The first kappa shape index (κ1) is 12.4. The van der Waals surface area contributed by atoms with E-state index in [1.54, 1.807) is 20.1 Å². The van der Waals surface area contributed by atoms with E-state index < -0.39 is 5.97 Å². The minimum atomic E-state index is -0.952. The summed E-state index contributed by atoms with van der Waals surface area (Å²) in [5, 5.41) is 10.9. The number of methoxy groups -OCH3 is 1. The number of ether oxygens (including phenoxy) is 1. The van der Waals surface area contributed by atoms with E-state index in [1.165, 1.54) is 0 Å². The van der Waals surface area contributed by atoms with Crippen LogP contribution in [0.4, 0.5) is 0 Å². The highest BCUT2D eigenvalue weighted by molar-refractivity contribution is 6.08. The van der Waals surface area contributed by atoms with E-state index in [9.17, 15) is 9.90 Å². The van der Waals surface area contributed by atoms with Crippen molar-refractivity contribution in [2.75, 3.05) is 7.11 Å². The molecule has 0 radical (unpaired) electrons. The molecule has 4 heteroatoms. The van der Waals surface area contributed by atoms with Crippen molar-refractivity contribution >= 4 is 27.8 Å². The van der Waals surface area contributed by atoms with Gasteiger partial charge in [0.15, 0.2) is 0 Å². The van der Waals surface area contributed by atoms with Crippen LogP contribution in [0.25, 0.3) is 21.8 Å². The number of rotatable bonds is 2. The Morgan fingerprint density at radius 2 is 2.00 bits per heavy atom. The number of nitrogens with zero attached hydrogens (tertiary/aromatic N) is 1. The number of aromatic nitrogens is 1. The van der Waals surface area contributed by atoms with Crippen molar-refractivity contribution in [1.29, 1.82) is 0 Å². The zero-order valence-corrected chi connectivity index (χ0v) is 11.2. The highest BCUT2D eigenvalue weighted by Gasteiger charge is 2.17. The monoisotopic (exact) mass is 267 g/mol. The van der Waals surface area contributed by atoms with E-state index in [0.29, 0.717) is 22.2 Å². The molecule has 1 N–H and O–H groups in total. The smallest absolute Gasteiger partial charge is 0.336 e. The minimum Gasteiger partial charge on any atom is -0.494 e. The van der Waals surface area contributed by atoms with Crippen molar-refractivity contribution in [1.82, 2.24) is 4.98 Å². The van der Waals surface area contributed by atoms with Crippen molar-refractivity contribution in [2.45, 2.75) is 6.92 Å². The van der Waals surface area contributed by atoms with Gasteiger partial charge in [-0.15, -0.1) is 0 Å². The van der Waals surface area contributed by atoms with Gasteiger partial charge in [0.25, 0.3) is 0 Å². The molecule has 0 bridgehead atoms. The molecule has 20 heavy (non-hydrogen) atoms. The van der Waals surface area contributed by atoms with E-state index in [2.05, 4.69) is 4.98 Å². The molecule has 0 aliphatic carbocycles. The Hall–Kier alpha value is -2.62. The van der Waals surface area contributed by atoms with Crippen LogP contribution in [-0.4, -0.2) is 23.2 Å². The van der Waals surface area contributed by atoms with E-state index in [1.807, 2.05) is 30.3 Å². The molecule has 0 saturated heterocycles. The molecule has 0 atom stereocenters. The highest BCUT2D eigenvalue weighted by Crippen LogP contribution is 2.32. The SMILES string of the molecule is COc1cc(C)c(C(=O)O)c2cc3ccccc3nc12. The second-order valence-electron chi connectivity index (χ2n) is 4.65. The molecule has 0 saturated carbocycles. The number of para-hydroxylation sites is 1. The highest BCUT2D eigenvalue weighted by atomic mass is 16.5. The molecule has 0 fully saturated rings. The first-order valence-electron chi connectivity index (χ1n) is 6.22. The third-order valence-corrected chi connectivity index (χ3v) is 3.40. The Kier molecular flexibility index (Phi) is 2.79. The third-order valence-electron chi connectivity index (χ3n) is 3.40. The molecule has 1 heterocycles. The molecular weight excluding hydrogens is 254 g/mol. The number of carboxylic acid groups (broad SMARTS) is 1. The van der Waals surface area contributed by atoms with Gasteiger partial charge in [0.2, 0.25) is 0 Å². The van der Waals surface area contributed by atoms with Gasteiger partial charge < -0.3 is 9.84 Å². The van der Waals surface area contributed by atoms with Gasteiger partial charge in [-0.1, -0.05) is 18.2 Å². The van der Waals surface area contributed by atoms with Crippen molar-refractivity contribution in [3.8, 4) is 5.75 Å². The number of benzene rings is 2. The van der Waals surface area contributed by atoms with E-state index in [0.717, 1.165) is 10.9 Å². The maximum atomic E-state index is 11.5. The predicted octanol–water partition coefficient (Wildman–Crippen LogP) is 3.40. The molecule has 0 aliphatic heterocycles. The summed E-state index contributed by atoms with van der Waals surface area (Å²) in [7, 11) is 1.56.